The maximum Gasteiger partial charge on any atom is 0.314 e. The van der Waals surface area contributed by atoms with E-state index in [0.29, 0.717) is 19.6 Å². The molecule has 3 aromatic rings. The lowest BCUT2D eigenvalue weighted by molar-refractivity contribution is -0.135. The molecule has 0 radical (unpaired) electrons. The number of nitrogens with two attached hydrogens (primary N) is 1. The smallest absolute Gasteiger partial charge is 0.314 e. The number of rotatable bonds is 9. The van der Waals surface area contributed by atoms with E-state index in [2.05, 4.69) is 34.1 Å². The highest BCUT2D eigenvalue weighted by molar-refractivity contribution is 8.01. The first kappa shape index (κ1) is 30.5. The maximum atomic E-state index is 13.8. The number of nitrogens with one attached hydrogen (secondary N) is 3. The predicted octanol–water partition coefficient (Wildman–Crippen LogP) is 4.71. The van der Waals surface area contributed by atoms with Crippen LogP contribution in [0.2, 0.25) is 0 Å². The Labute approximate surface area is 250 Å². The quantitative estimate of drug-likeness (QED) is 0.268. The van der Waals surface area contributed by atoms with Gasteiger partial charge in [0.15, 0.2) is 5.37 Å². The summed E-state index contributed by atoms with van der Waals surface area (Å²) in [7, 11) is 1.59. The standard InChI is InChI=1S/C31H37N5O3S2/c1-31(2,32)16-27(37)35-28-29(38)36(19-23-13-14-24(40-4)15-26(23)41-28)18-20-9-11-21(12-10-20)25-8-6-5-7-22(25)17-34-30(39)33-3/h5-15,28H,16-19,32H2,1-4H3,(H,35,37)(H2,33,34,39)/t28-/m1/s1. The normalized spacial score (nSPS) is 15.1. The molecule has 0 aromatic heterocycles. The van der Waals surface area contributed by atoms with E-state index in [1.165, 1.54) is 11.8 Å². The third-order valence-electron chi connectivity index (χ3n) is 6.65. The topological polar surface area (TPSA) is 117 Å². The molecule has 0 unspecified atom stereocenters. The molecule has 10 heteroatoms. The number of carbonyl (C=O) groups excluding carboxylic acids is 3. The van der Waals surface area contributed by atoms with Crippen LogP contribution in [0.1, 0.15) is 37.0 Å². The SMILES string of the molecule is CNC(=O)NCc1ccccc1-c1ccc(CN2Cc3ccc(SC)cc3S[C@@H](NC(=O)CC(C)(C)N)C2=O)cc1. The zero-order valence-corrected chi connectivity index (χ0v) is 25.5. The summed E-state index contributed by atoms with van der Waals surface area (Å²) in [6.45, 7) is 4.84. The van der Waals surface area contributed by atoms with Crippen LogP contribution in [0.3, 0.4) is 0 Å². The third-order valence-corrected chi connectivity index (χ3v) is 8.56. The van der Waals surface area contributed by atoms with Gasteiger partial charge in [0.05, 0.1) is 0 Å². The van der Waals surface area contributed by atoms with Gasteiger partial charge >= 0.3 is 6.03 Å². The minimum atomic E-state index is -0.748. The second-order valence-corrected chi connectivity index (χ2v) is 12.7. The van der Waals surface area contributed by atoms with Gasteiger partial charge in [-0.25, -0.2) is 4.79 Å². The predicted molar refractivity (Wildman–Crippen MR) is 166 cm³/mol. The van der Waals surface area contributed by atoms with Crippen molar-refractivity contribution in [2.75, 3.05) is 13.3 Å². The molecule has 216 valence electrons. The van der Waals surface area contributed by atoms with Crippen molar-refractivity contribution in [3.05, 3.63) is 83.4 Å². The summed E-state index contributed by atoms with van der Waals surface area (Å²) in [6.07, 6.45) is 2.14. The Morgan fingerprint density at radius 2 is 1.83 bits per heavy atom. The second kappa shape index (κ2) is 13.5. The Bertz CT molecular complexity index is 1410. The molecule has 1 aliphatic rings. The molecule has 3 aromatic carbocycles. The van der Waals surface area contributed by atoms with Crippen molar-refractivity contribution in [3.63, 3.8) is 0 Å². The number of nitrogens with zero attached hydrogens (tertiary/aromatic N) is 1. The Kier molecular flexibility index (Phi) is 10.0. The Morgan fingerprint density at radius 3 is 2.51 bits per heavy atom. The highest BCUT2D eigenvalue weighted by atomic mass is 32.2. The van der Waals surface area contributed by atoms with E-state index in [1.807, 2.05) is 54.8 Å². The highest BCUT2D eigenvalue weighted by Crippen LogP contribution is 2.35. The Balaban J connectivity index is 1.56. The van der Waals surface area contributed by atoms with Gasteiger partial charge in [-0.3, -0.25) is 9.59 Å². The van der Waals surface area contributed by atoms with Crippen LogP contribution in [-0.2, 0) is 29.2 Å². The molecule has 4 rings (SSSR count). The number of urea groups is 1. The second-order valence-electron chi connectivity index (χ2n) is 10.7. The Hall–Kier alpha value is -3.47. The first-order valence-corrected chi connectivity index (χ1v) is 15.5. The van der Waals surface area contributed by atoms with Gasteiger partial charge in [-0.2, -0.15) is 0 Å². The van der Waals surface area contributed by atoms with Crippen LogP contribution in [0.15, 0.2) is 76.5 Å². The summed E-state index contributed by atoms with van der Waals surface area (Å²) < 4.78 is 0. The maximum absolute atomic E-state index is 13.8. The molecule has 5 N–H and O–H groups in total. The molecule has 4 amide bonds. The van der Waals surface area contributed by atoms with Gasteiger partial charge in [-0.1, -0.05) is 66.4 Å². The zero-order valence-electron chi connectivity index (χ0n) is 23.8. The largest absolute Gasteiger partial charge is 0.341 e. The summed E-state index contributed by atoms with van der Waals surface area (Å²) in [5.41, 5.74) is 10.5. The number of carbonyl (C=O) groups is 3. The summed E-state index contributed by atoms with van der Waals surface area (Å²) in [5, 5.41) is 7.60. The van der Waals surface area contributed by atoms with E-state index in [4.69, 9.17) is 5.73 Å². The van der Waals surface area contributed by atoms with Crippen LogP contribution in [0, 0.1) is 0 Å². The number of hydrogen-bond acceptors (Lipinski definition) is 6. The fourth-order valence-corrected chi connectivity index (χ4v) is 6.28. The van der Waals surface area contributed by atoms with Crippen molar-refractivity contribution >= 4 is 41.4 Å². The average molecular weight is 592 g/mol. The average Bonchev–Trinajstić information content (AvgIpc) is 3.06. The first-order chi connectivity index (χ1) is 19.6. The van der Waals surface area contributed by atoms with Crippen LogP contribution in [-0.4, -0.2) is 47.0 Å². The fraction of sp³-hybridized carbons (Fsp3) is 0.323. The third kappa shape index (κ3) is 8.28. The van der Waals surface area contributed by atoms with Gasteiger partial charge in [0.25, 0.3) is 5.91 Å². The number of amides is 4. The lowest BCUT2D eigenvalue weighted by Gasteiger charge is -2.26. The lowest BCUT2D eigenvalue weighted by atomic mass is 9.98. The molecule has 0 saturated carbocycles. The first-order valence-electron chi connectivity index (χ1n) is 13.4. The monoisotopic (exact) mass is 591 g/mol. The molecule has 1 aliphatic heterocycles. The van der Waals surface area contributed by atoms with Gasteiger partial charge < -0.3 is 26.6 Å². The molecule has 0 saturated heterocycles. The van der Waals surface area contributed by atoms with Crippen LogP contribution in [0.4, 0.5) is 4.79 Å². The molecule has 0 bridgehead atoms. The summed E-state index contributed by atoms with van der Waals surface area (Å²) >= 11 is 3.02. The fourth-order valence-electron chi connectivity index (χ4n) is 4.60. The highest BCUT2D eigenvalue weighted by Gasteiger charge is 2.32. The molecule has 0 aliphatic carbocycles. The number of fused-ring (bicyclic) bond motifs is 1. The van der Waals surface area contributed by atoms with Crippen LogP contribution < -0.4 is 21.7 Å². The van der Waals surface area contributed by atoms with E-state index in [9.17, 15) is 14.4 Å². The minimum Gasteiger partial charge on any atom is -0.341 e. The van der Waals surface area contributed by atoms with Crippen LogP contribution in [0.25, 0.3) is 11.1 Å². The Morgan fingerprint density at radius 1 is 1.10 bits per heavy atom. The van der Waals surface area contributed by atoms with E-state index in [1.54, 1.807) is 37.6 Å². The van der Waals surface area contributed by atoms with E-state index in [0.717, 1.165) is 37.6 Å². The molecular weight excluding hydrogens is 555 g/mol. The van der Waals surface area contributed by atoms with E-state index < -0.39 is 10.9 Å². The van der Waals surface area contributed by atoms with Gasteiger partial charge in [0, 0.05) is 48.4 Å². The molecule has 41 heavy (non-hydrogen) atoms. The molecule has 1 heterocycles. The van der Waals surface area contributed by atoms with Crippen LogP contribution >= 0.6 is 23.5 Å². The molecule has 0 fully saturated rings. The van der Waals surface area contributed by atoms with Crippen molar-refractivity contribution in [3.8, 4) is 11.1 Å². The van der Waals surface area contributed by atoms with Crippen molar-refractivity contribution in [1.29, 1.82) is 0 Å². The van der Waals surface area contributed by atoms with Crippen molar-refractivity contribution in [2.45, 2.75) is 60.6 Å². The van der Waals surface area contributed by atoms with Gasteiger partial charge in [-0.15, -0.1) is 11.8 Å². The summed E-state index contributed by atoms with van der Waals surface area (Å²) in [6, 6.07) is 22.0. The van der Waals surface area contributed by atoms with Crippen molar-refractivity contribution < 1.29 is 14.4 Å². The lowest BCUT2D eigenvalue weighted by Crippen LogP contribution is -2.47. The summed E-state index contributed by atoms with van der Waals surface area (Å²) in [4.78, 5) is 42.1. The number of benzene rings is 3. The minimum absolute atomic E-state index is 0.122. The van der Waals surface area contributed by atoms with Gasteiger partial charge in [0.2, 0.25) is 5.91 Å². The van der Waals surface area contributed by atoms with Gasteiger partial charge in [0.1, 0.15) is 0 Å². The molecule has 1 atom stereocenters. The molecular formula is C31H37N5O3S2. The van der Waals surface area contributed by atoms with E-state index in [-0.39, 0.29) is 24.3 Å². The van der Waals surface area contributed by atoms with Gasteiger partial charge in [-0.05, 0) is 60.1 Å². The van der Waals surface area contributed by atoms with Crippen LogP contribution in [0.5, 0.6) is 0 Å². The van der Waals surface area contributed by atoms with Crippen molar-refractivity contribution in [2.24, 2.45) is 5.73 Å². The number of hydrogen-bond donors (Lipinski definition) is 4. The zero-order chi connectivity index (χ0) is 29.6. The summed E-state index contributed by atoms with van der Waals surface area (Å²) in [5.74, 6) is -0.392. The van der Waals surface area contributed by atoms with Crippen molar-refractivity contribution in [1.82, 2.24) is 20.9 Å². The molecule has 8 nitrogen and oxygen atoms in total. The molecule has 0 spiro atoms. The number of thioether (sulfide) groups is 2. The van der Waals surface area contributed by atoms with E-state index >= 15 is 0 Å².